The molecule has 8 nitrogen and oxygen atoms in total. The predicted octanol–water partition coefficient (Wildman–Crippen LogP) is 8.16. The largest absolute Gasteiger partial charge is 0.518 e. The number of hydrogen-bond acceptors (Lipinski definition) is 7. The highest BCUT2D eigenvalue weighted by Gasteiger charge is 2.57. The highest BCUT2D eigenvalue weighted by molar-refractivity contribution is 5.60. The Morgan fingerprint density at radius 2 is 0.911 bits per heavy atom. The molecule has 0 aliphatic carbocycles. The zero-order valence-corrected chi connectivity index (χ0v) is 29.6. The lowest BCUT2D eigenvalue weighted by Gasteiger charge is -2.48. The van der Waals surface area contributed by atoms with Crippen molar-refractivity contribution in [3.8, 4) is 0 Å². The van der Waals surface area contributed by atoms with Gasteiger partial charge in [0.15, 0.2) is 6.10 Å². The fraction of sp³-hybridized carbons (Fsp3) is 0.973. The van der Waals surface area contributed by atoms with E-state index in [1.807, 2.05) is 0 Å². The summed E-state index contributed by atoms with van der Waals surface area (Å²) in [6.07, 6.45) is 22.0. The van der Waals surface area contributed by atoms with Crippen LogP contribution in [-0.4, -0.2) is 87.9 Å². The van der Waals surface area contributed by atoms with Crippen molar-refractivity contribution >= 4 is 6.09 Å². The van der Waals surface area contributed by atoms with Gasteiger partial charge in [0.2, 0.25) is 6.23 Å². The third-order valence-electron chi connectivity index (χ3n) is 9.81. The Labute approximate surface area is 276 Å². The molecule has 1 fully saturated rings. The van der Waals surface area contributed by atoms with E-state index in [4.69, 9.17) is 9.47 Å². The number of hydrogen-bond donors (Lipinski definition) is 4. The minimum atomic E-state index is -1.52. The third-order valence-corrected chi connectivity index (χ3v) is 9.81. The highest BCUT2D eigenvalue weighted by atomic mass is 16.6. The normalized spacial score (nSPS) is 23.2. The van der Waals surface area contributed by atoms with Crippen molar-refractivity contribution in [3.05, 3.63) is 0 Å². The minimum Gasteiger partial charge on any atom is -0.420 e. The van der Waals surface area contributed by atoms with Crippen LogP contribution in [0.1, 0.15) is 175 Å². The summed E-state index contributed by atoms with van der Waals surface area (Å²) in [6.45, 7) is 6.79. The first kappa shape index (κ1) is 42.3. The molecule has 1 heterocycles. The summed E-state index contributed by atoms with van der Waals surface area (Å²) in [5.41, 5.74) is 0. The van der Waals surface area contributed by atoms with Gasteiger partial charge < -0.3 is 29.9 Å². The summed E-state index contributed by atoms with van der Waals surface area (Å²) in [5, 5.41) is 42.0. The van der Waals surface area contributed by atoms with Crippen LogP contribution in [0.3, 0.4) is 0 Å². The Hall–Kier alpha value is -0.770. The topological polar surface area (TPSA) is 116 Å². The number of aliphatic hydroxyl groups is 4. The van der Waals surface area contributed by atoms with Crippen LogP contribution >= 0.6 is 0 Å². The first-order chi connectivity index (χ1) is 21.9. The fourth-order valence-corrected chi connectivity index (χ4v) is 6.87. The summed E-state index contributed by atoms with van der Waals surface area (Å²) in [6, 6.07) is 0. The molecule has 1 aliphatic heterocycles. The molecule has 0 spiro atoms. The molecule has 0 aromatic carbocycles. The number of carbonyl (C=O) groups is 1. The van der Waals surface area contributed by atoms with Gasteiger partial charge in [0.05, 0.1) is 26.3 Å². The minimum absolute atomic E-state index is 0.201. The van der Waals surface area contributed by atoms with E-state index in [-0.39, 0.29) is 11.1 Å². The lowest BCUT2D eigenvalue weighted by atomic mass is 9.96. The molecule has 1 rings (SSSR count). The first-order valence-electron chi connectivity index (χ1n) is 19.2. The summed E-state index contributed by atoms with van der Waals surface area (Å²) in [4.78, 5) is 13.7. The van der Waals surface area contributed by atoms with E-state index >= 15 is 0 Å². The van der Waals surface area contributed by atoms with Gasteiger partial charge in [-0.2, -0.15) is 9.28 Å². The van der Waals surface area contributed by atoms with Crippen LogP contribution in [0, 0.1) is 0 Å². The zero-order valence-electron chi connectivity index (χ0n) is 29.6. The van der Waals surface area contributed by atoms with E-state index in [1.54, 1.807) is 6.92 Å². The number of nitrogens with zero attached hydrogens (tertiary/aromatic N) is 1. The smallest absolute Gasteiger partial charge is 0.420 e. The lowest BCUT2D eigenvalue weighted by Crippen LogP contribution is -2.72. The number of aliphatic hydroxyl groups excluding tert-OH is 4. The molecule has 0 aromatic rings. The van der Waals surface area contributed by atoms with E-state index in [0.717, 1.165) is 38.5 Å². The monoisotopic (exact) mass is 645 g/mol. The van der Waals surface area contributed by atoms with Crippen molar-refractivity contribution in [2.24, 2.45) is 0 Å². The molecule has 6 atom stereocenters. The molecule has 4 N–H and O–H groups in total. The van der Waals surface area contributed by atoms with Crippen LogP contribution < -0.4 is 0 Å². The number of amides is 1. The second kappa shape index (κ2) is 27.2. The Balaban J connectivity index is 2.63. The lowest BCUT2D eigenvalue weighted by molar-refractivity contribution is -0.915. The van der Waals surface area contributed by atoms with Crippen molar-refractivity contribution in [3.63, 3.8) is 0 Å². The van der Waals surface area contributed by atoms with E-state index in [2.05, 4.69) is 13.8 Å². The number of rotatable bonds is 29. The molecular weight excluding hydrogens is 570 g/mol. The predicted molar refractivity (Wildman–Crippen MR) is 183 cm³/mol. The maximum absolute atomic E-state index is 13.7. The quantitative estimate of drug-likeness (QED) is 0.0479. The summed E-state index contributed by atoms with van der Waals surface area (Å²) in [5.74, 6) is 0. The van der Waals surface area contributed by atoms with Crippen molar-refractivity contribution < 1.29 is 39.2 Å². The Kier molecular flexibility index (Phi) is 25.5. The molecule has 268 valence electrons. The van der Waals surface area contributed by atoms with Crippen LogP contribution in [0.2, 0.25) is 0 Å². The van der Waals surface area contributed by atoms with E-state index in [0.29, 0.717) is 13.1 Å². The molecule has 8 heteroatoms. The molecule has 1 aliphatic rings. The second-order valence-corrected chi connectivity index (χ2v) is 13.7. The van der Waals surface area contributed by atoms with Crippen molar-refractivity contribution in [1.82, 2.24) is 0 Å². The van der Waals surface area contributed by atoms with Gasteiger partial charge in [0, 0.05) is 0 Å². The molecule has 0 saturated carbocycles. The SMILES string of the molecule is CCCCCCCCCCCCCCCCCC[N+](CCCCCCCCCC)(C(=O)OCC)C1O[C@H](CO)[C@@H](O)[C@H](O)[C@H]1O. The van der Waals surface area contributed by atoms with Gasteiger partial charge in [-0.3, -0.25) is 0 Å². The molecule has 1 amide bonds. The number of ether oxygens (including phenoxy) is 2. The standard InChI is InChI=1S/C37H74NO7/c1-4-7-9-11-13-15-16-17-18-19-20-21-22-24-26-28-30-38(37(43)44-6-3,29-27-25-23-14-12-10-8-5-2)36-35(42)34(41)33(40)32(31-39)45-36/h32-36,39-42H,4-31H2,1-3H3/q+1/t32-,33-,34+,35-,36?,38?/m1/s1. The van der Waals surface area contributed by atoms with Crippen LogP contribution in [0.4, 0.5) is 4.79 Å². The van der Waals surface area contributed by atoms with Crippen LogP contribution in [0.5, 0.6) is 0 Å². The molecule has 0 aromatic heterocycles. The van der Waals surface area contributed by atoms with Gasteiger partial charge in [-0.1, -0.05) is 142 Å². The van der Waals surface area contributed by atoms with Gasteiger partial charge in [-0.05, 0) is 32.6 Å². The number of unbranched alkanes of at least 4 members (excludes halogenated alkanes) is 22. The average molecular weight is 645 g/mol. The molecular formula is C37H74NO7+. The summed E-state index contributed by atoms with van der Waals surface area (Å²) >= 11 is 0. The highest BCUT2D eigenvalue weighted by Crippen LogP contribution is 2.32. The zero-order chi connectivity index (χ0) is 33.2. The maximum Gasteiger partial charge on any atom is 0.518 e. The fourth-order valence-electron chi connectivity index (χ4n) is 6.87. The average Bonchev–Trinajstić information content (AvgIpc) is 3.04. The van der Waals surface area contributed by atoms with Crippen molar-refractivity contribution in [2.45, 2.75) is 206 Å². The maximum atomic E-state index is 13.7. The molecule has 1 saturated heterocycles. The molecule has 0 bridgehead atoms. The summed E-state index contributed by atoms with van der Waals surface area (Å²) in [7, 11) is 0. The first-order valence-corrected chi connectivity index (χ1v) is 19.2. The molecule has 45 heavy (non-hydrogen) atoms. The Morgan fingerprint density at radius 1 is 0.556 bits per heavy atom. The third kappa shape index (κ3) is 16.8. The number of quaternary nitrogens is 1. The molecule has 0 radical (unpaired) electrons. The Bertz CT molecular complexity index is 694. The van der Waals surface area contributed by atoms with Crippen LogP contribution in [-0.2, 0) is 9.47 Å². The van der Waals surface area contributed by atoms with E-state index < -0.39 is 43.3 Å². The van der Waals surface area contributed by atoms with Gasteiger partial charge in [0.1, 0.15) is 18.3 Å². The van der Waals surface area contributed by atoms with Gasteiger partial charge in [0.25, 0.3) is 0 Å². The second-order valence-electron chi connectivity index (χ2n) is 13.7. The van der Waals surface area contributed by atoms with Gasteiger partial charge >= 0.3 is 6.09 Å². The van der Waals surface area contributed by atoms with E-state index in [1.165, 1.54) is 116 Å². The number of carbonyl (C=O) groups excluding carboxylic acids is 1. The van der Waals surface area contributed by atoms with Crippen molar-refractivity contribution in [2.75, 3.05) is 26.3 Å². The summed E-state index contributed by atoms with van der Waals surface area (Å²) < 4.78 is 11.4. The van der Waals surface area contributed by atoms with Crippen LogP contribution in [0.25, 0.3) is 0 Å². The van der Waals surface area contributed by atoms with Crippen LogP contribution in [0.15, 0.2) is 0 Å². The Morgan fingerprint density at radius 3 is 1.24 bits per heavy atom. The van der Waals surface area contributed by atoms with Gasteiger partial charge in [-0.15, -0.1) is 0 Å². The van der Waals surface area contributed by atoms with E-state index in [9.17, 15) is 25.2 Å². The van der Waals surface area contributed by atoms with Crippen molar-refractivity contribution in [1.29, 1.82) is 0 Å². The molecule has 2 unspecified atom stereocenters. The van der Waals surface area contributed by atoms with Gasteiger partial charge in [-0.25, -0.2) is 0 Å².